The average Bonchev–Trinajstić information content (AvgIpc) is 2.28. The first-order valence-corrected chi connectivity index (χ1v) is 6.60. The highest BCUT2D eigenvalue weighted by Crippen LogP contribution is 2.26. The molecular weight excluding hydrogens is 232 g/mol. The summed E-state index contributed by atoms with van der Waals surface area (Å²) in [5, 5.41) is 11.7. The molecule has 0 bridgehead atoms. The highest BCUT2D eigenvalue weighted by Gasteiger charge is 2.12. The quantitative estimate of drug-likeness (QED) is 0.667. The molecule has 4 heteroatoms. The number of benzene rings is 1. The van der Waals surface area contributed by atoms with Crippen molar-refractivity contribution in [2.75, 3.05) is 5.75 Å². The molecule has 2 aromatic rings. The van der Waals surface area contributed by atoms with Gasteiger partial charge in [0.05, 0.1) is 11.1 Å². The highest BCUT2D eigenvalue weighted by molar-refractivity contribution is 7.99. The van der Waals surface area contributed by atoms with E-state index >= 15 is 0 Å². The van der Waals surface area contributed by atoms with Gasteiger partial charge < -0.3 is 5.11 Å². The minimum absolute atomic E-state index is 0.615. The van der Waals surface area contributed by atoms with Crippen molar-refractivity contribution >= 4 is 22.7 Å². The van der Waals surface area contributed by atoms with Crippen molar-refractivity contribution < 1.29 is 5.11 Å². The first kappa shape index (κ1) is 12.3. The summed E-state index contributed by atoms with van der Waals surface area (Å²) in [6, 6.07) is 7.98. The standard InChI is InChI=1S/C13H16N2OS/c1-13(2,16)7-8-17-12-10-5-3-4-6-11(10)14-9-15-12/h3-6,9,16H,7-8H2,1-2H3. The molecule has 0 saturated heterocycles. The van der Waals surface area contributed by atoms with Gasteiger partial charge in [-0.15, -0.1) is 11.8 Å². The van der Waals surface area contributed by atoms with Crippen molar-refractivity contribution in [3.05, 3.63) is 30.6 Å². The summed E-state index contributed by atoms with van der Waals surface area (Å²) in [6.07, 6.45) is 2.34. The molecular formula is C13H16N2OS. The van der Waals surface area contributed by atoms with Crippen LogP contribution < -0.4 is 0 Å². The van der Waals surface area contributed by atoms with E-state index in [0.717, 1.165) is 28.1 Å². The fraction of sp³-hybridized carbons (Fsp3) is 0.385. The Balaban J connectivity index is 2.13. The molecule has 1 heterocycles. The second kappa shape index (κ2) is 5.02. The van der Waals surface area contributed by atoms with Gasteiger partial charge in [-0.3, -0.25) is 0 Å². The first-order chi connectivity index (χ1) is 8.06. The predicted octanol–water partition coefficient (Wildman–Crippen LogP) is 2.88. The zero-order valence-electron chi connectivity index (χ0n) is 10.1. The summed E-state index contributed by atoms with van der Waals surface area (Å²) in [7, 11) is 0. The van der Waals surface area contributed by atoms with E-state index < -0.39 is 5.60 Å². The number of thioether (sulfide) groups is 1. The lowest BCUT2D eigenvalue weighted by Crippen LogP contribution is -2.19. The number of hydrogen-bond acceptors (Lipinski definition) is 4. The van der Waals surface area contributed by atoms with Crippen molar-refractivity contribution in [1.29, 1.82) is 0 Å². The lowest BCUT2D eigenvalue weighted by molar-refractivity contribution is 0.0777. The van der Waals surface area contributed by atoms with Gasteiger partial charge in [-0.1, -0.05) is 18.2 Å². The Labute approximate surface area is 105 Å². The Morgan fingerprint density at radius 3 is 2.76 bits per heavy atom. The number of rotatable bonds is 4. The Kier molecular flexibility index (Phi) is 3.64. The van der Waals surface area contributed by atoms with E-state index in [-0.39, 0.29) is 0 Å². The average molecular weight is 248 g/mol. The molecule has 0 saturated carbocycles. The molecule has 0 aliphatic heterocycles. The van der Waals surface area contributed by atoms with Crippen LogP contribution in [0.15, 0.2) is 35.6 Å². The van der Waals surface area contributed by atoms with E-state index in [2.05, 4.69) is 9.97 Å². The topological polar surface area (TPSA) is 46.0 Å². The summed E-state index contributed by atoms with van der Waals surface area (Å²) in [6.45, 7) is 3.65. The van der Waals surface area contributed by atoms with Crippen LogP contribution in [0, 0.1) is 0 Å². The summed E-state index contributed by atoms with van der Waals surface area (Å²) in [5.74, 6) is 0.852. The Morgan fingerprint density at radius 2 is 2.00 bits per heavy atom. The molecule has 0 spiro atoms. The van der Waals surface area contributed by atoms with E-state index in [4.69, 9.17) is 0 Å². The maximum absolute atomic E-state index is 9.66. The molecule has 0 amide bonds. The number of para-hydroxylation sites is 1. The third-order valence-electron chi connectivity index (χ3n) is 2.46. The normalized spacial score (nSPS) is 11.9. The fourth-order valence-corrected chi connectivity index (χ4v) is 2.74. The molecule has 0 aliphatic rings. The van der Waals surface area contributed by atoms with E-state index in [9.17, 15) is 5.11 Å². The van der Waals surface area contributed by atoms with Crippen LogP contribution in [0.4, 0.5) is 0 Å². The van der Waals surface area contributed by atoms with Crippen LogP contribution in [0.25, 0.3) is 10.9 Å². The van der Waals surface area contributed by atoms with Crippen LogP contribution in [-0.2, 0) is 0 Å². The lowest BCUT2D eigenvalue weighted by Gasteiger charge is -2.16. The molecule has 1 N–H and O–H groups in total. The fourth-order valence-electron chi connectivity index (χ4n) is 1.49. The van der Waals surface area contributed by atoms with Gasteiger partial charge in [0.2, 0.25) is 0 Å². The molecule has 0 fully saturated rings. The highest BCUT2D eigenvalue weighted by atomic mass is 32.2. The van der Waals surface area contributed by atoms with Crippen LogP contribution in [0.5, 0.6) is 0 Å². The Hall–Kier alpha value is -1.13. The van der Waals surface area contributed by atoms with Crippen molar-refractivity contribution in [3.63, 3.8) is 0 Å². The largest absolute Gasteiger partial charge is 0.390 e. The van der Waals surface area contributed by atoms with E-state index in [1.54, 1.807) is 18.1 Å². The molecule has 0 unspecified atom stereocenters. The molecule has 1 aromatic carbocycles. The number of aliphatic hydroxyl groups is 1. The van der Waals surface area contributed by atoms with Crippen LogP contribution in [0.1, 0.15) is 20.3 Å². The van der Waals surface area contributed by atoms with Crippen LogP contribution in [0.3, 0.4) is 0 Å². The minimum Gasteiger partial charge on any atom is -0.390 e. The number of aromatic nitrogens is 2. The zero-order valence-corrected chi connectivity index (χ0v) is 10.9. The van der Waals surface area contributed by atoms with Crippen LogP contribution >= 0.6 is 11.8 Å². The third-order valence-corrected chi connectivity index (χ3v) is 3.47. The first-order valence-electron chi connectivity index (χ1n) is 5.61. The number of fused-ring (bicyclic) bond motifs is 1. The summed E-state index contributed by atoms with van der Waals surface area (Å²) < 4.78 is 0. The van der Waals surface area contributed by atoms with Gasteiger partial charge in [0, 0.05) is 11.1 Å². The Morgan fingerprint density at radius 1 is 1.24 bits per heavy atom. The van der Waals surface area contributed by atoms with Gasteiger partial charge in [-0.05, 0) is 26.3 Å². The van der Waals surface area contributed by atoms with Gasteiger partial charge in [-0.2, -0.15) is 0 Å². The van der Waals surface area contributed by atoms with Crippen molar-refractivity contribution in [2.45, 2.75) is 30.9 Å². The van der Waals surface area contributed by atoms with Crippen molar-refractivity contribution in [1.82, 2.24) is 9.97 Å². The lowest BCUT2D eigenvalue weighted by atomic mass is 10.1. The van der Waals surface area contributed by atoms with E-state index in [0.29, 0.717) is 0 Å². The molecule has 90 valence electrons. The SMILES string of the molecule is CC(C)(O)CCSc1ncnc2ccccc12. The molecule has 0 atom stereocenters. The maximum Gasteiger partial charge on any atom is 0.117 e. The van der Waals surface area contributed by atoms with E-state index in [1.807, 2.05) is 38.1 Å². The molecule has 0 aliphatic carbocycles. The number of nitrogens with zero attached hydrogens (tertiary/aromatic N) is 2. The molecule has 17 heavy (non-hydrogen) atoms. The second-order valence-corrected chi connectivity index (χ2v) is 5.69. The van der Waals surface area contributed by atoms with Crippen LogP contribution in [0.2, 0.25) is 0 Å². The van der Waals surface area contributed by atoms with E-state index in [1.165, 1.54) is 0 Å². The number of hydrogen-bond donors (Lipinski definition) is 1. The molecule has 3 nitrogen and oxygen atoms in total. The van der Waals surface area contributed by atoms with Gasteiger partial charge in [0.1, 0.15) is 11.4 Å². The zero-order chi connectivity index (χ0) is 12.3. The van der Waals surface area contributed by atoms with Crippen LogP contribution in [-0.4, -0.2) is 26.4 Å². The molecule has 1 aromatic heterocycles. The smallest absolute Gasteiger partial charge is 0.117 e. The molecule has 0 radical (unpaired) electrons. The summed E-state index contributed by atoms with van der Waals surface area (Å²) in [5.41, 5.74) is 0.351. The second-order valence-electron chi connectivity index (χ2n) is 4.61. The summed E-state index contributed by atoms with van der Waals surface area (Å²) >= 11 is 1.67. The minimum atomic E-state index is -0.615. The predicted molar refractivity (Wildman–Crippen MR) is 71.2 cm³/mol. The maximum atomic E-state index is 9.66. The molecule has 2 rings (SSSR count). The van der Waals surface area contributed by atoms with Gasteiger partial charge in [-0.25, -0.2) is 9.97 Å². The Bertz CT molecular complexity index is 503. The van der Waals surface area contributed by atoms with Gasteiger partial charge in [0.25, 0.3) is 0 Å². The third kappa shape index (κ3) is 3.41. The van der Waals surface area contributed by atoms with Gasteiger partial charge >= 0.3 is 0 Å². The van der Waals surface area contributed by atoms with Gasteiger partial charge in [0.15, 0.2) is 0 Å². The van der Waals surface area contributed by atoms with Crippen molar-refractivity contribution in [3.8, 4) is 0 Å². The monoisotopic (exact) mass is 248 g/mol. The summed E-state index contributed by atoms with van der Waals surface area (Å²) in [4.78, 5) is 8.52. The van der Waals surface area contributed by atoms with Crippen molar-refractivity contribution in [2.24, 2.45) is 0 Å².